The number of nitrogens with one attached hydrogen (secondary N) is 1. The topological polar surface area (TPSA) is 67.6 Å². The summed E-state index contributed by atoms with van der Waals surface area (Å²) in [6.07, 6.45) is 0.573. The lowest BCUT2D eigenvalue weighted by atomic mass is 10.1. The molecule has 0 bridgehead atoms. The van der Waals surface area contributed by atoms with Crippen molar-refractivity contribution in [2.45, 2.75) is 38.4 Å². The zero-order chi connectivity index (χ0) is 14.7. The van der Waals surface area contributed by atoms with E-state index in [2.05, 4.69) is 34.0 Å². The maximum Gasteiger partial charge on any atom is 0.407 e. The van der Waals surface area contributed by atoms with Crippen molar-refractivity contribution in [2.24, 2.45) is 5.73 Å². The fraction of sp³-hybridized carbons (Fsp3) is 0.643. The first-order valence-electron chi connectivity index (χ1n) is 6.91. The van der Waals surface area contributed by atoms with E-state index in [0.29, 0.717) is 0 Å². The second-order valence-electron chi connectivity index (χ2n) is 5.37. The molecule has 3 unspecified atom stereocenters. The highest BCUT2D eigenvalue weighted by molar-refractivity contribution is 7.12. The van der Waals surface area contributed by atoms with Crippen LogP contribution >= 0.6 is 11.3 Å². The molecule has 2 rings (SSSR count). The Hall–Kier alpha value is -1.11. The number of thiophene rings is 1. The molecule has 112 valence electrons. The van der Waals surface area contributed by atoms with Crippen LogP contribution in [-0.4, -0.2) is 43.3 Å². The number of aryl methyl sites for hydroxylation is 1. The van der Waals surface area contributed by atoms with Crippen LogP contribution in [-0.2, 0) is 4.74 Å². The number of hydrogen-bond acceptors (Lipinski definition) is 5. The Kier molecular flexibility index (Phi) is 5.01. The number of carbonyl (C=O) groups excluding carboxylic acids is 1. The van der Waals surface area contributed by atoms with Gasteiger partial charge in [-0.25, -0.2) is 4.79 Å². The van der Waals surface area contributed by atoms with Gasteiger partial charge in [0, 0.05) is 34.9 Å². The van der Waals surface area contributed by atoms with Crippen molar-refractivity contribution >= 4 is 17.4 Å². The summed E-state index contributed by atoms with van der Waals surface area (Å²) in [5.74, 6) is 0. The molecular weight excluding hydrogens is 274 g/mol. The number of methoxy groups -OCH3 is 1. The monoisotopic (exact) mass is 297 g/mol. The number of carbonyl (C=O) groups is 1. The number of alkyl carbamates (subject to hydrolysis) is 1. The van der Waals surface area contributed by atoms with E-state index < -0.39 is 0 Å². The minimum atomic E-state index is -0.360. The zero-order valence-electron chi connectivity index (χ0n) is 12.3. The van der Waals surface area contributed by atoms with Gasteiger partial charge in [-0.1, -0.05) is 0 Å². The standard InChI is InChI=1S/C14H23N3O2S/c1-9-4-5-12(20-9)13(10(2)15)17-7-6-11(8-17)16-14(18)19-3/h4-5,10-11,13H,6-8,15H2,1-3H3,(H,16,18). The Morgan fingerprint density at radius 3 is 2.90 bits per heavy atom. The Morgan fingerprint density at radius 2 is 2.35 bits per heavy atom. The number of ether oxygens (including phenoxy) is 1. The maximum absolute atomic E-state index is 11.3. The molecule has 0 spiro atoms. The molecule has 3 N–H and O–H groups in total. The lowest BCUT2D eigenvalue weighted by Gasteiger charge is -2.30. The first kappa shape index (κ1) is 15.3. The van der Waals surface area contributed by atoms with Crippen LogP contribution in [0.3, 0.4) is 0 Å². The van der Waals surface area contributed by atoms with Crippen LogP contribution < -0.4 is 11.1 Å². The Balaban J connectivity index is 2.03. The van der Waals surface area contributed by atoms with Gasteiger partial charge in [0.15, 0.2) is 0 Å². The van der Waals surface area contributed by atoms with E-state index in [4.69, 9.17) is 5.73 Å². The van der Waals surface area contributed by atoms with Crippen molar-refractivity contribution in [1.29, 1.82) is 0 Å². The normalized spacial score (nSPS) is 22.5. The molecule has 0 saturated carbocycles. The summed E-state index contributed by atoms with van der Waals surface area (Å²) in [5.41, 5.74) is 6.18. The molecule has 0 radical (unpaired) electrons. The van der Waals surface area contributed by atoms with Crippen LogP contribution in [0.4, 0.5) is 4.79 Å². The number of nitrogens with two attached hydrogens (primary N) is 1. The van der Waals surface area contributed by atoms with Gasteiger partial charge in [-0.15, -0.1) is 11.3 Å². The van der Waals surface area contributed by atoms with Crippen molar-refractivity contribution in [2.75, 3.05) is 20.2 Å². The molecule has 1 saturated heterocycles. The average Bonchev–Trinajstić information content (AvgIpc) is 2.99. The van der Waals surface area contributed by atoms with Crippen LogP contribution in [0.1, 0.15) is 29.1 Å². The third-order valence-corrected chi connectivity index (χ3v) is 4.74. The van der Waals surface area contributed by atoms with Gasteiger partial charge in [-0.3, -0.25) is 4.90 Å². The summed E-state index contributed by atoms with van der Waals surface area (Å²) < 4.78 is 4.65. The highest BCUT2D eigenvalue weighted by Gasteiger charge is 2.32. The third-order valence-electron chi connectivity index (χ3n) is 3.67. The highest BCUT2D eigenvalue weighted by Crippen LogP contribution is 2.32. The van der Waals surface area contributed by atoms with E-state index in [0.717, 1.165) is 19.5 Å². The molecule has 1 aromatic heterocycles. The predicted octanol–water partition coefficient (Wildman–Crippen LogP) is 1.88. The predicted molar refractivity (Wildman–Crippen MR) is 81.0 cm³/mol. The van der Waals surface area contributed by atoms with Crippen molar-refractivity contribution in [3.05, 3.63) is 21.9 Å². The summed E-state index contributed by atoms with van der Waals surface area (Å²) in [5, 5.41) is 2.87. The molecule has 2 heterocycles. The van der Waals surface area contributed by atoms with E-state index in [1.807, 2.05) is 6.92 Å². The summed E-state index contributed by atoms with van der Waals surface area (Å²) >= 11 is 1.80. The van der Waals surface area contributed by atoms with Crippen molar-refractivity contribution < 1.29 is 9.53 Å². The van der Waals surface area contributed by atoms with Gasteiger partial charge in [-0.2, -0.15) is 0 Å². The van der Waals surface area contributed by atoms with E-state index >= 15 is 0 Å². The number of likely N-dealkylation sites (tertiary alicyclic amines) is 1. The fourth-order valence-electron chi connectivity index (χ4n) is 2.77. The first-order valence-corrected chi connectivity index (χ1v) is 7.73. The smallest absolute Gasteiger partial charge is 0.407 e. The van der Waals surface area contributed by atoms with Gasteiger partial charge >= 0.3 is 6.09 Å². The largest absolute Gasteiger partial charge is 0.453 e. The van der Waals surface area contributed by atoms with E-state index in [9.17, 15) is 4.79 Å². The highest BCUT2D eigenvalue weighted by atomic mass is 32.1. The van der Waals surface area contributed by atoms with E-state index in [1.54, 1.807) is 11.3 Å². The molecule has 3 atom stereocenters. The van der Waals surface area contributed by atoms with E-state index in [1.165, 1.54) is 16.9 Å². The summed E-state index contributed by atoms with van der Waals surface area (Å²) in [6, 6.07) is 4.72. The molecule has 0 aliphatic carbocycles. The molecule has 5 nitrogen and oxygen atoms in total. The quantitative estimate of drug-likeness (QED) is 0.890. The molecule has 1 aliphatic heterocycles. The molecule has 6 heteroatoms. The van der Waals surface area contributed by atoms with Gasteiger partial charge in [0.05, 0.1) is 13.2 Å². The van der Waals surface area contributed by atoms with Gasteiger partial charge < -0.3 is 15.8 Å². The van der Waals surface area contributed by atoms with Crippen molar-refractivity contribution in [3.8, 4) is 0 Å². The lowest BCUT2D eigenvalue weighted by Crippen LogP contribution is -2.41. The summed E-state index contributed by atoms with van der Waals surface area (Å²) in [6.45, 7) is 5.91. The maximum atomic E-state index is 11.3. The van der Waals surface area contributed by atoms with Crippen molar-refractivity contribution in [1.82, 2.24) is 10.2 Å². The number of rotatable bonds is 4. The second kappa shape index (κ2) is 6.56. The molecule has 1 aliphatic rings. The molecule has 20 heavy (non-hydrogen) atoms. The fourth-order valence-corrected chi connectivity index (χ4v) is 3.90. The average molecular weight is 297 g/mol. The van der Waals surface area contributed by atoms with Crippen molar-refractivity contribution in [3.63, 3.8) is 0 Å². The van der Waals surface area contributed by atoms with Crippen LogP contribution in [0, 0.1) is 6.92 Å². The lowest BCUT2D eigenvalue weighted by molar-refractivity contribution is 0.164. The van der Waals surface area contributed by atoms with Gasteiger partial charge in [-0.05, 0) is 32.4 Å². The minimum Gasteiger partial charge on any atom is -0.453 e. The molecule has 0 aromatic carbocycles. The first-order chi connectivity index (χ1) is 9.51. The zero-order valence-corrected chi connectivity index (χ0v) is 13.1. The number of nitrogens with zero attached hydrogens (tertiary/aromatic N) is 1. The Labute approximate surface area is 124 Å². The Morgan fingerprint density at radius 1 is 1.60 bits per heavy atom. The van der Waals surface area contributed by atoms with Crippen LogP contribution in [0.25, 0.3) is 0 Å². The van der Waals surface area contributed by atoms with Gasteiger partial charge in [0.1, 0.15) is 0 Å². The summed E-state index contributed by atoms with van der Waals surface area (Å²) in [7, 11) is 1.39. The second-order valence-corrected chi connectivity index (χ2v) is 6.69. The molecule has 1 aromatic rings. The van der Waals surface area contributed by atoms with Crippen LogP contribution in [0.5, 0.6) is 0 Å². The molecular formula is C14H23N3O2S. The summed E-state index contributed by atoms with van der Waals surface area (Å²) in [4.78, 5) is 16.2. The van der Waals surface area contributed by atoms with Gasteiger partial charge in [0.2, 0.25) is 0 Å². The minimum absolute atomic E-state index is 0.0601. The molecule has 1 amide bonds. The third kappa shape index (κ3) is 3.50. The SMILES string of the molecule is COC(=O)NC1CCN(C(c2ccc(C)s2)C(C)N)C1. The Bertz CT molecular complexity index is 461. The number of hydrogen-bond donors (Lipinski definition) is 2. The van der Waals surface area contributed by atoms with Crippen LogP contribution in [0.15, 0.2) is 12.1 Å². The van der Waals surface area contributed by atoms with Gasteiger partial charge in [0.25, 0.3) is 0 Å². The molecule has 1 fully saturated rings. The number of amides is 1. The van der Waals surface area contributed by atoms with E-state index in [-0.39, 0.29) is 24.2 Å². The van der Waals surface area contributed by atoms with Crippen LogP contribution in [0.2, 0.25) is 0 Å².